The summed E-state index contributed by atoms with van der Waals surface area (Å²) in [7, 11) is 0. The summed E-state index contributed by atoms with van der Waals surface area (Å²) >= 11 is 4.37. The maximum absolute atomic E-state index is 11.3. The van der Waals surface area contributed by atoms with Gasteiger partial charge >= 0.3 is 5.97 Å². The fraction of sp³-hybridized carbons (Fsp3) is 0.429. The Morgan fingerprint density at radius 2 is 2.29 bits per heavy atom. The van der Waals surface area contributed by atoms with E-state index in [9.17, 15) is 14.7 Å². The minimum Gasteiger partial charge on any atom is -0.503 e. The standard InChI is InChI=1S/C14H18N2O4S/c1-3-5-15-11(14(19)20)7-10(21)8-16-6-4-12(17)13(18)9(16)2/h1,4,6,10-11,15,18,21H,5,7-8H2,2H3,(H,19,20)/t10?,11-/m0/s1. The molecule has 0 aliphatic rings. The zero-order valence-corrected chi connectivity index (χ0v) is 12.5. The third-order valence-electron chi connectivity index (χ3n) is 3.08. The van der Waals surface area contributed by atoms with Gasteiger partial charge in [-0.2, -0.15) is 12.6 Å². The molecule has 1 aromatic heterocycles. The van der Waals surface area contributed by atoms with Crippen LogP contribution >= 0.6 is 12.6 Å². The molecule has 2 atom stereocenters. The number of rotatable bonds is 7. The molecule has 1 rings (SSSR count). The number of aromatic nitrogens is 1. The predicted molar refractivity (Wildman–Crippen MR) is 82.8 cm³/mol. The fourth-order valence-electron chi connectivity index (χ4n) is 1.89. The first-order valence-corrected chi connectivity index (χ1v) is 6.85. The Morgan fingerprint density at radius 3 is 2.86 bits per heavy atom. The molecular weight excluding hydrogens is 292 g/mol. The molecule has 0 saturated carbocycles. The van der Waals surface area contributed by atoms with Crippen LogP contribution in [0.2, 0.25) is 0 Å². The van der Waals surface area contributed by atoms with Gasteiger partial charge in [0.25, 0.3) is 0 Å². The van der Waals surface area contributed by atoms with Crippen LogP contribution in [0.5, 0.6) is 5.75 Å². The molecule has 21 heavy (non-hydrogen) atoms. The summed E-state index contributed by atoms with van der Waals surface area (Å²) in [6, 6.07) is 0.463. The Bertz CT molecular complexity index is 606. The van der Waals surface area contributed by atoms with Crippen LogP contribution in [0.4, 0.5) is 0 Å². The number of aromatic hydroxyl groups is 1. The highest BCUT2D eigenvalue weighted by molar-refractivity contribution is 7.80. The number of terminal acetylenes is 1. The van der Waals surface area contributed by atoms with E-state index in [4.69, 9.17) is 11.5 Å². The van der Waals surface area contributed by atoms with Crippen LogP contribution in [0.25, 0.3) is 0 Å². The Balaban J connectivity index is 2.75. The average molecular weight is 310 g/mol. The number of nitrogens with zero attached hydrogens (tertiary/aromatic N) is 1. The Morgan fingerprint density at radius 1 is 1.62 bits per heavy atom. The number of carbonyl (C=O) groups is 1. The number of carboxylic acids is 1. The van der Waals surface area contributed by atoms with Gasteiger partial charge in [-0.15, -0.1) is 6.42 Å². The maximum Gasteiger partial charge on any atom is 0.320 e. The molecule has 0 saturated heterocycles. The largest absolute Gasteiger partial charge is 0.503 e. The first kappa shape index (κ1) is 17.1. The lowest BCUT2D eigenvalue weighted by atomic mass is 10.1. The number of thiol groups is 1. The van der Waals surface area contributed by atoms with E-state index in [0.717, 1.165) is 0 Å². The Hall–Kier alpha value is -1.91. The van der Waals surface area contributed by atoms with Crippen molar-refractivity contribution >= 4 is 18.6 Å². The summed E-state index contributed by atoms with van der Waals surface area (Å²) in [4.78, 5) is 22.4. The molecule has 0 aliphatic heterocycles. The van der Waals surface area contributed by atoms with Crippen molar-refractivity contribution in [2.75, 3.05) is 6.54 Å². The second-order valence-corrected chi connectivity index (χ2v) is 5.36. The van der Waals surface area contributed by atoms with Gasteiger partial charge < -0.3 is 14.8 Å². The zero-order chi connectivity index (χ0) is 16.0. The molecular formula is C14H18N2O4S. The van der Waals surface area contributed by atoms with E-state index in [-0.39, 0.29) is 24.0 Å². The van der Waals surface area contributed by atoms with Crippen LogP contribution in [0.3, 0.4) is 0 Å². The molecule has 0 radical (unpaired) electrons. The maximum atomic E-state index is 11.3. The first-order chi connectivity index (χ1) is 9.86. The predicted octanol–water partition coefficient (Wildman–Crippen LogP) is 0.227. The fourth-order valence-corrected chi connectivity index (χ4v) is 2.27. The molecule has 114 valence electrons. The highest BCUT2D eigenvalue weighted by Gasteiger charge is 2.20. The minimum atomic E-state index is -0.997. The highest BCUT2D eigenvalue weighted by atomic mass is 32.1. The number of pyridine rings is 1. The third kappa shape index (κ3) is 4.85. The molecule has 3 N–H and O–H groups in total. The van der Waals surface area contributed by atoms with E-state index >= 15 is 0 Å². The number of carboxylic acid groups (broad SMARTS) is 1. The molecule has 0 spiro atoms. The van der Waals surface area contributed by atoms with E-state index in [1.807, 2.05) is 0 Å². The van der Waals surface area contributed by atoms with Gasteiger partial charge in [-0.3, -0.25) is 14.9 Å². The van der Waals surface area contributed by atoms with E-state index < -0.39 is 17.4 Å². The highest BCUT2D eigenvalue weighted by Crippen LogP contribution is 2.14. The van der Waals surface area contributed by atoms with E-state index in [2.05, 4.69) is 23.9 Å². The summed E-state index contributed by atoms with van der Waals surface area (Å²) in [5.41, 5.74) is -0.0245. The van der Waals surface area contributed by atoms with Crippen molar-refractivity contribution in [2.45, 2.75) is 31.2 Å². The molecule has 1 unspecified atom stereocenters. The molecule has 0 aliphatic carbocycles. The van der Waals surface area contributed by atoms with Gasteiger partial charge in [0.1, 0.15) is 6.04 Å². The van der Waals surface area contributed by atoms with Crippen molar-refractivity contribution < 1.29 is 15.0 Å². The van der Waals surface area contributed by atoms with Gasteiger partial charge in [0.2, 0.25) is 5.43 Å². The molecule has 0 amide bonds. The van der Waals surface area contributed by atoms with Crippen molar-refractivity contribution in [2.24, 2.45) is 0 Å². The summed E-state index contributed by atoms with van der Waals surface area (Å²) < 4.78 is 1.66. The monoisotopic (exact) mass is 310 g/mol. The van der Waals surface area contributed by atoms with Crippen LogP contribution in [-0.4, -0.2) is 38.6 Å². The van der Waals surface area contributed by atoms with Gasteiger partial charge in [-0.1, -0.05) is 5.92 Å². The lowest BCUT2D eigenvalue weighted by molar-refractivity contribution is -0.139. The summed E-state index contributed by atoms with van der Waals surface area (Å²) in [5, 5.41) is 21.1. The van der Waals surface area contributed by atoms with Gasteiger partial charge in [0, 0.05) is 24.1 Å². The minimum absolute atomic E-state index is 0.162. The van der Waals surface area contributed by atoms with Gasteiger partial charge in [0.05, 0.1) is 12.2 Å². The van der Waals surface area contributed by atoms with Gasteiger partial charge in [0.15, 0.2) is 5.75 Å². The number of aliphatic carboxylic acids is 1. The van der Waals surface area contributed by atoms with Gasteiger partial charge in [-0.25, -0.2) is 0 Å². The van der Waals surface area contributed by atoms with Crippen LogP contribution in [-0.2, 0) is 11.3 Å². The molecule has 1 aromatic rings. The van der Waals surface area contributed by atoms with Crippen LogP contribution in [0, 0.1) is 19.3 Å². The smallest absolute Gasteiger partial charge is 0.320 e. The molecule has 0 aromatic carbocycles. The zero-order valence-electron chi connectivity index (χ0n) is 11.6. The quantitative estimate of drug-likeness (QED) is 0.427. The van der Waals surface area contributed by atoms with Gasteiger partial charge in [-0.05, 0) is 13.3 Å². The van der Waals surface area contributed by atoms with Crippen molar-refractivity contribution in [3.63, 3.8) is 0 Å². The van der Waals surface area contributed by atoms with E-state index in [1.54, 1.807) is 17.7 Å². The SMILES string of the molecule is C#CCN[C@@H](CC(S)Cn1ccc(=O)c(O)c1C)C(=O)O. The molecule has 1 heterocycles. The van der Waals surface area contributed by atoms with Crippen molar-refractivity contribution in [1.29, 1.82) is 0 Å². The van der Waals surface area contributed by atoms with Crippen LogP contribution in [0.15, 0.2) is 17.1 Å². The molecule has 7 heteroatoms. The molecule has 0 fully saturated rings. The second-order valence-electron chi connectivity index (χ2n) is 4.63. The summed E-state index contributed by atoms with van der Waals surface area (Å²) in [5.74, 6) is 1.02. The Labute approximate surface area is 128 Å². The number of hydrogen-bond donors (Lipinski definition) is 4. The van der Waals surface area contributed by atoms with Crippen molar-refractivity contribution in [1.82, 2.24) is 9.88 Å². The summed E-state index contributed by atoms with van der Waals surface area (Å²) in [6.45, 7) is 2.14. The van der Waals surface area contributed by atoms with Crippen LogP contribution < -0.4 is 10.7 Å². The normalized spacial score (nSPS) is 13.4. The number of hydrogen-bond acceptors (Lipinski definition) is 5. The summed E-state index contributed by atoms with van der Waals surface area (Å²) in [6.07, 6.45) is 6.90. The number of nitrogens with one attached hydrogen (secondary N) is 1. The third-order valence-corrected chi connectivity index (χ3v) is 3.45. The average Bonchev–Trinajstić information content (AvgIpc) is 2.43. The lowest BCUT2D eigenvalue weighted by Crippen LogP contribution is -2.39. The first-order valence-electron chi connectivity index (χ1n) is 6.33. The van der Waals surface area contributed by atoms with Crippen molar-refractivity contribution in [3.8, 4) is 18.1 Å². The molecule has 0 bridgehead atoms. The van der Waals surface area contributed by atoms with Crippen molar-refractivity contribution in [3.05, 3.63) is 28.2 Å². The van der Waals surface area contributed by atoms with E-state index in [0.29, 0.717) is 12.2 Å². The molecule has 6 nitrogen and oxygen atoms in total. The Kier molecular flexibility index (Phi) is 6.34. The second kappa shape index (κ2) is 7.76. The van der Waals surface area contributed by atoms with Crippen LogP contribution in [0.1, 0.15) is 12.1 Å². The topological polar surface area (TPSA) is 91.6 Å². The lowest BCUT2D eigenvalue weighted by Gasteiger charge is -2.20. The van der Waals surface area contributed by atoms with E-state index in [1.165, 1.54) is 6.07 Å².